The molecule has 0 aromatic rings. The molecule has 0 heterocycles. The summed E-state index contributed by atoms with van der Waals surface area (Å²) < 4.78 is 61.0. The van der Waals surface area contributed by atoms with E-state index < -0.39 is 49.0 Å². The van der Waals surface area contributed by atoms with Crippen molar-refractivity contribution in [2.24, 2.45) is 17.3 Å². The monoisotopic (exact) mass is 288 g/mol. The largest absolute Gasteiger partial charge is 0.286 e. The fraction of sp³-hybridized carbons (Fsp3) is 1.00. The maximum atomic E-state index is 10.9. The van der Waals surface area contributed by atoms with Crippen molar-refractivity contribution in [3.05, 3.63) is 0 Å². The van der Waals surface area contributed by atoms with Crippen molar-refractivity contribution in [1.82, 2.24) is 0 Å². The van der Waals surface area contributed by atoms with Crippen LogP contribution >= 0.6 is 0 Å². The molecule has 17 heavy (non-hydrogen) atoms. The van der Waals surface area contributed by atoms with Crippen molar-refractivity contribution >= 4 is 20.2 Å². The zero-order chi connectivity index (χ0) is 14.1. The van der Waals surface area contributed by atoms with E-state index in [1.54, 1.807) is 20.8 Å². The Balaban J connectivity index is 5.08. The Bertz CT molecular complexity index is 442. The molecule has 0 bridgehead atoms. The molecule has 0 aliphatic heterocycles. The third kappa shape index (κ3) is 7.69. The van der Waals surface area contributed by atoms with Crippen molar-refractivity contribution in [1.29, 1.82) is 0 Å². The van der Waals surface area contributed by atoms with Gasteiger partial charge in [-0.2, -0.15) is 16.8 Å². The number of rotatable bonds is 5. The molecule has 0 fully saturated rings. The summed E-state index contributed by atoms with van der Waals surface area (Å²) >= 11 is 0. The van der Waals surface area contributed by atoms with Crippen molar-refractivity contribution in [3.8, 4) is 0 Å². The van der Waals surface area contributed by atoms with Crippen LogP contribution in [0.25, 0.3) is 0 Å². The van der Waals surface area contributed by atoms with Crippen LogP contribution in [-0.2, 0) is 20.2 Å². The summed E-state index contributed by atoms with van der Waals surface area (Å²) in [5.41, 5.74) is -0.500. The highest BCUT2D eigenvalue weighted by Crippen LogP contribution is 2.33. The van der Waals surface area contributed by atoms with Gasteiger partial charge in [0.15, 0.2) is 0 Å². The summed E-state index contributed by atoms with van der Waals surface area (Å²) in [6, 6.07) is 0. The van der Waals surface area contributed by atoms with Crippen molar-refractivity contribution in [2.45, 2.75) is 27.7 Å². The fourth-order valence-electron chi connectivity index (χ4n) is 1.94. The van der Waals surface area contributed by atoms with Crippen LogP contribution in [0.4, 0.5) is 0 Å². The summed E-state index contributed by atoms with van der Waals surface area (Å²) in [4.78, 5) is 0. The molecular weight excluding hydrogens is 268 g/mol. The van der Waals surface area contributed by atoms with Gasteiger partial charge < -0.3 is 0 Å². The van der Waals surface area contributed by atoms with E-state index in [9.17, 15) is 16.8 Å². The molecule has 2 N–H and O–H groups in total. The van der Waals surface area contributed by atoms with Crippen LogP contribution in [0.1, 0.15) is 27.7 Å². The minimum absolute atomic E-state index is 0.500. The molecule has 2 atom stereocenters. The molecule has 6 nitrogen and oxygen atoms in total. The van der Waals surface area contributed by atoms with Crippen molar-refractivity contribution < 1.29 is 25.9 Å². The lowest BCUT2D eigenvalue weighted by molar-refractivity contribution is 0.198. The predicted octanol–water partition coefficient (Wildman–Crippen LogP) is 1.06. The highest BCUT2D eigenvalue weighted by molar-refractivity contribution is 7.86. The third-order valence-corrected chi connectivity index (χ3v) is 4.39. The fourth-order valence-corrected chi connectivity index (χ4v) is 4.12. The topological polar surface area (TPSA) is 109 Å². The van der Waals surface area contributed by atoms with Crippen LogP contribution in [0.2, 0.25) is 0 Å². The zero-order valence-electron chi connectivity index (χ0n) is 10.4. The van der Waals surface area contributed by atoms with Gasteiger partial charge in [0.05, 0.1) is 11.5 Å². The standard InChI is InChI=1S/C9H20O6S2/c1-7(5-16(10,11)12)8(9(2,3)4)6-17(13,14)15/h7-8H,5-6H2,1-4H3,(H,10,11,12)(H,13,14,15). The second-order valence-corrected chi connectivity index (χ2v) is 8.44. The lowest BCUT2D eigenvalue weighted by atomic mass is 9.75. The van der Waals surface area contributed by atoms with E-state index in [4.69, 9.17) is 9.11 Å². The summed E-state index contributed by atoms with van der Waals surface area (Å²) in [7, 11) is -8.34. The third-order valence-electron chi connectivity index (χ3n) is 2.66. The summed E-state index contributed by atoms with van der Waals surface area (Å²) in [6.45, 7) is 6.80. The Hall–Kier alpha value is -0.180. The van der Waals surface area contributed by atoms with Gasteiger partial charge in [0.1, 0.15) is 0 Å². The second-order valence-electron chi connectivity index (χ2n) is 5.45. The van der Waals surface area contributed by atoms with E-state index in [-0.39, 0.29) is 0 Å². The molecule has 0 amide bonds. The van der Waals surface area contributed by atoms with Crippen LogP contribution in [0, 0.1) is 17.3 Å². The maximum absolute atomic E-state index is 10.9. The summed E-state index contributed by atoms with van der Waals surface area (Å²) in [5, 5.41) is 0. The Morgan fingerprint density at radius 3 is 1.53 bits per heavy atom. The predicted molar refractivity (Wildman–Crippen MR) is 64.9 cm³/mol. The van der Waals surface area contributed by atoms with Gasteiger partial charge in [0, 0.05) is 0 Å². The zero-order valence-corrected chi connectivity index (χ0v) is 12.0. The van der Waals surface area contributed by atoms with Gasteiger partial charge >= 0.3 is 0 Å². The Morgan fingerprint density at radius 1 is 0.941 bits per heavy atom. The quantitative estimate of drug-likeness (QED) is 0.732. The Morgan fingerprint density at radius 2 is 1.29 bits per heavy atom. The first-order chi connectivity index (χ1) is 7.22. The van der Waals surface area contributed by atoms with Gasteiger partial charge in [-0.05, 0) is 17.3 Å². The minimum atomic E-state index is -4.18. The molecule has 0 rings (SSSR count). The van der Waals surface area contributed by atoms with E-state index in [1.807, 2.05) is 0 Å². The maximum Gasteiger partial charge on any atom is 0.265 e. The van der Waals surface area contributed by atoms with Crippen molar-refractivity contribution in [3.63, 3.8) is 0 Å². The van der Waals surface area contributed by atoms with Crippen LogP contribution in [0.15, 0.2) is 0 Å². The van der Waals surface area contributed by atoms with Gasteiger partial charge in [-0.1, -0.05) is 27.7 Å². The smallest absolute Gasteiger partial charge is 0.265 e. The molecule has 0 aliphatic carbocycles. The van der Waals surface area contributed by atoms with Gasteiger partial charge in [0.2, 0.25) is 0 Å². The van der Waals surface area contributed by atoms with E-state index in [0.717, 1.165) is 0 Å². The van der Waals surface area contributed by atoms with Crippen molar-refractivity contribution in [2.75, 3.05) is 11.5 Å². The molecule has 0 saturated carbocycles. The summed E-state index contributed by atoms with van der Waals surface area (Å²) in [5.74, 6) is -2.19. The number of hydrogen-bond acceptors (Lipinski definition) is 4. The molecule has 0 aromatic heterocycles. The molecular formula is C9H20O6S2. The van der Waals surface area contributed by atoms with Gasteiger partial charge in [-0.15, -0.1) is 0 Å². The first-order valence-electron chi connectivity index (χ1n) is 5.13. The van der Waals surface area contributed by atoms with Gasteiger partial charge in [-0.25, -0.2) is 0 Å². The Labute approximate surface area is 103 Å². The highest BCUT2D eigenvalue weighted by atomic mass is 32.2. The molecule has 0 aliphatic rings. The van der Waals surface area contributed by atoms with E-state index in [1.165, 1.54) is 6.92 Å². The normalized spacial score (nSPS) is 17.8. The van der Waals surface area contributed by atoms with Crippen LogP contribution < -0.4 is 0 Å². The lowest BCUT2D eigenvalue weighted by Crippen LogP contribution is -2.36. The lowest BCUT2D eigenvalue weighted by Gasteiger charge is -2.34. The highest BCUT2D eigenvalue weighted by Gasteiger charge is 2.35. The van der Waals surface area contributed by atoms with Crippen LogP contribution in [0.3, 0.4) is 0 Å². The van der Waals surface area contributed by atoms with Crippen LogP contribution in [0.5, 0.6) is 0 Å². The van der Waals surface area contributed by atoms with E-state index in [0.29, 0.717) is 0 Å². The van der Waals surface area contributed by atoms with Crippen LogP contribution in [-0.4, -0.2) is 37.4 Å². The molecule has 104 valence electrons. The first kappa shape index (κ1) is 16.8. The second kappa shape index (κ2) is 5.21. The average molecular weight is 288 g/mol. The first-order valence-corrected chi connectivity index (χ1v) is 8.34. The molecule has 0 spiro atoms. The molecule has 0 aromatic carbocycles. The summed E-state index contributed by atoms with van der Waals surface area (Å²) in [6.07, 6.45) is 0. The van der Waals surface area contributed by atoms with E-state index >= 15 is 0 Å². The van der Waals surface area contributed by atoms with E-state index in [2.05, 4.69) is 0 Å². The minimum Gasteiger partial charge on any atom is -0.286 e. The molecule has 8 heteroatoms. The average Bonchev–Trinajstić information content (AvgIpc) is 1.92. The van der Waals surface area contributed by atoms with Gasteiger partial charge in [-0.3, -0.25) is 9.11 Å². The molecule has 0 radical (unpaired) electrons. The SMILES string of the molecule is CC(CS(=O)(=O)O)C(CS(=O)(=O)O)C(C)(C)C. The Kier molecular flexibility index (Phi) is 5.16. The number of hydrogen-bond donors (Lipinski definition) is 2. The van der Waals surface area contributed by atoms with Gasteiger partial charge in [0.25, 0.3) is 20.2 Å². The molecule has 0 saturated heterocycles. The molecule has 2 unspecified atom stereocenters.